The van der Waals surface area contributed by atoms with Gasteiger partial charge in [0.1, 0.15) is 6.61 Å². The molecule has 6 N–H and O–H groups in total. The van der Waals surface area contributed by atoms with Crippen LogP contribution in [0.2, 0.25) is 0 Å². The quantitative estimate of drug-likeness (QED) is 0.0517. The van der Waals surface area contributed by atoms with E-state index >= 15 is 0 Å². The number of hydrogen-bond donors (Lipinski definition) is 6. The van der Waals surface area contributed by atoms with E-state index in [9.17, 15) is 37.8 Å². The Balaban J connectivity index is 1.11. The highest BCUT2D eigenvalue weighted by Crippen LogP contribution is 2.40. The summed E-state index contributed by atoms with van der Waals surface area (Å²) < 4.78 is 36.7. The third-order valence-electron chi connectivity index (χ3n) is 11.2. The Kier molecular flexibility index (Phi) is 11.9. The molecular formula is C46H43N7O9S2. The van der Waals surface area contributed by atoms with Crippen molar-refractivity contribution < 1.29 is 37.8 Å². The first-order valence-electron chi connectivity index (χ1n) is 20.4. The number of anilines is 4. The van der Waals surface area contributed by atoms with Crippen LogP contribution < -0.4 is 31.1 Å². The van der Waals surface area contributed by atoms with Crippen molar-refractivity contribution in [2.75, 3.05) is 26.8 Å². The molecule has 0 bridgehead atoms. The van der Waals surface area contributed by atoms with Crippen LogP contribution in [0.1, 0.15) is 61.4 Å². The molecule has 6 aromatic rings. The number of pyridine rings is 2. The molecule has 2 aliphatic rings. The lowest BCUT2D eigenvalue weighted by molar-refractivity contribution is -0.172. The van der Waals surface area contributed by atoms with Crippen LogP contribution in [-0.2, 0) is 43.1 Å². The predicted octanol–water partition coefficient (Wildman–Crippen LogP) is 6.83. The van der Waals surface area contributed by atoms with Crippen LogP contribution >= 0.6 is 12.2 Å². The molecule has 4 aromatic carbocycles. The van der Waals surface area contributed by atoms with Gasteiger partial charge in [0.15, 0.2) is 10.7 Å². The number of sulfonamides is 1. The lowest BCUT2D eigenvalue weighted by Gasteiger charge is -2.34. The fourth-order valence-electron chi connectivity index (χ4n) is 8.02. The van der Waals surface area contributed by atoms with Gasteiger partial charge < -0.3 is 40.4 Å². The number of aliphatic carboxylic acids is 1. The van der Waals surface area contributed by atoms with E-state index in [1.54, 1.807) is 95.3 Å². The van der Waals surface area contributed by atoms with E-state index in [1.807, 2.05) is 19.1 Å². The summed E-state index contributed by atoms with van der Waals surface area (Å²) in [6, 6.07) is 28.6. The summed E-state index contributed by atoms with van der Waals surface area (Å²) in [5.41, 5.74) is 2.27. The number of cyclic esters (lactones) is 1. The normalized spacial score (nSPS) is 15.5. The molecule has 4 heterocycles. The van der Waals surface area contributed by atoms with Crippen LogP contribution in [0.4, 0.5) is 27.5 Å². The summed E-state index contributed by atoms with van der Waals surface area (Å²) >= 11 is 6.11. The number of urea groups is 1. The van der Waals surface area contributed by atoms with Gasteiger partial charge in [-0.2, -0.15) is 0 Å². The standard InChI is InChI=1S/C46H43N7O9S2/c1-3-19-47-44(58)48-29-12-9-16-32(22-29)64(60,61)51-30-13-8-11-27(20-30)38(24-40(54)55)53(31-14-6-5-7-15-31)45(63)50-37-18-10-17-36-33(37)21-28-25-52-39(41(28)49-36)23-35-34(42(52)56)26-62-43(57)46(35,59)4-2/h5-18,20-23,38,51,59H,3-4,19,24-26H2,1-2H3,(H,50,63)(H,54,55)(H2,47,48,58)/t38?,46-/m0/s1. The van der Waals surface area contributed by atoms with Crippen LogP contribution in [-0.4, -0.2) is 57.8 Å². The number of nitrogens with zero attached hydrogens (tertiary/aromatic N) is 3. The van der Waals surface area contributed by atoms with Gasteiger partial charge in [0, 0.05) is 45.8 Å². The van der Waals surface area contributed by atoms with Crippen molar-refractivity contribution in [3.05, 3.63) is 142 Å². The highest BCUT2D eigenvalue weighted by atomic mass is 32.2. The molecule has 0 spiro atoms. The Bertz CT molecular complexity index is 3030. The van der Waals surface area contributed by atoms with Crippen LogP contribution in [0.25, 0.3) is 22.3 Å². The third kappa shape index (κ3) is 8.37. The highest BCUT2D eigenvalue weighted by Gasteiger charge is 2.45. The van der Waals surface area contributed by atoms with Crippen molar-refractivity contribution in [1.82, 2.24) is 14.9 Å². The number of carbonyl (C=O) groups is 3. The predicted molar refractivity (Wildman–Crippen MR) is 246 cm³/mol. The van der Waals surface area contributed by atoms with E-state index < -0.39 is 46.1 Å². The molecule has 328 valence electrons. The maximum atomic E-state index is 13.8. The molecule has 8 rings (SSSR count). The summed E-state index contributed by atoms with van der Waals surface area (Å²) in [7, 11) is -4.19. The molecule has 2 aromatic heterocycles. The van der Waals surface area contributed by atoms with Crippen molar-refractivity contribution in [3.8, 4) is 11.4 Å². The summed E-state index contributed by atoms with van der Waals surface area (Å²) in [5, 5.41) is 31.0. The number of carbonyl (C=O) groups excluding carboxylic acids is 2. The zero-order valence-corrected chi connectivity index (χ0v) is 36.3. The van der Waals surface area contributed by atoms with Gasteiger partial charge in [-0.25, -0.2) is 23.0 Å². The first kappa shape index (κ1) is 43.5. The molecule has 0 saturated carbocycles. The second kappa shape index (κ2) is 17.5. The first-order valence-corrected chi connectivity index (χ1v) is 22.3. The number of para-hydroxylation sites is 1. The Labute approximate surface area is 373 Å². The van der Waals surface area contributed by atoms with Gasteiger partial charge in [0.2, 0.25) is 0 Å². The number of ether oxygens (including phenoxy) is 1. The number of nitrogens with one attached hydrogen (secondary N) is 4. The molecule has 1 unspecified atom stereocenters. The van der Waals surface area contributed by atoms with Crippen LogP contribution in [0, 0.1) is 0 Å². The molecule has 2 atom stereocenters. The second-order valence-corrected chi connectivity index (χ2v) is 17.4. The molecule has 64 heavy (non-hydrogen) atoms. The van der Waals surface area contributed by atoms with E-state index in [0.717, 1.165) is 6.42 Å². The van der Waals surface area contributed by atoms with E-state index in [4.69, 9.17) is 21.9 Å². The zero-order valence-electron chi connectivity index (χ0n) is 34.6. The van der Waals surface area contributed by atoms with Gasteiger partial charge in [-0.1, -0.05) is 56.3 Å². The minimum Gasteiger partial charge on any atom is -0.481 e. The zero-order chi connectivity index (χ0) is 45.3. The van der Waals surface area contributed by atoms with Crippen LogP contribution in [0.3, 0.4) is 0 Å². The monoisotopic (exact) mass is 901 g/mol. The average molecular weight is 902 g/mol. The fraction of sp³-hybridized carbons (Fsp3) is 0.217. The maximum Gasteiger partial charge on any atom is 0.343 e. The highest BCUT2D eigenvalue weighted by molar-refractivity contribution is 7.92. The Morgan fingerprint density at radius 3 is 2.44 bits per heavy atom. The van der Waals surface area contributed by atoms with E-state index in [-0.39, 0.29) is 57.6 Å². The van der Waals surface area contributed by atoms with Crippen LogP contribution in [0.15, 0.2) is 119 Å². The fourth-order valence-corrected chi connectivity index (χ4v) is 9.45. The molecule has 2 aliphatic heterocycles. The molecule has 0 aliphatic carbocycles. The number of fused-ring (bicyclic) bond motifs is 5. The maximum absolute atomic E-state index is 13.8. The van der Waals surface area contributed by atoms with Crippen molar-refractivity contribution in [2.45, 2.75) is 62.8 Å². The number of aliphatic hydroxyl groups is 1. The van der Waals surface area contributed by atoms with E-state index in [2.05, 4.69) is 20.7 Å². The van der Waals surface area contributed by atoms with Gasteiger partial charge in [0.05, 0.1) is 46.4 Å². The Morgan fingerprint density at radius 1 is 0.938 bits per heavy atom. The third-order valence-corrected chi connectivity index (χ3v) is 12.9. The van der Waals surface area contributed by atoms with Gasteiger partial charge in [-0.15, -0.1) is 0 Å². The number of esters is 1. The van der Waals surface area contributed by atoms with Gasteiger partial charge >= 0.3 is 18.0 Å². The topological polar surface area (TPSA) is 221 Å². The number of benzene rings is 4. The van der Waals surface area contributed by atoms with E-state index in [0.29, 0.717) is 51.3 Å². The van der Waals surface area contributed by atoms with Crippen molar-refractivity contribution in [2.24, 2.45) is 0 Å². The van der Waals surface area contributed by atoms with Gasteiger partial charge in [0.25, 0.3) is 15.6 Å². The molecule has 16 nitrogen and oxygen atoms in total. The molecule has 0 fully saturated rings. The molecular weight excluding hydrogens is 859 g/mol. The summed E-state index contributed by atoms with van der Waals surface area (Å²) in [4.78, 5) is 57.8. The number of aromatic nitrogens is 2. The molecule has 18 heteroatoms. The number of carboxylic acid groups (broad SMARTS) is 1. The average Bonchev–Trinajstić information content (AvgIpc) is 3.64. The lowest BCUT2D eigenvalue weighted by atomic mass is 9.86. The SMILES string of the molecule is CCCNC(=O)Nc1cccc(S(=O)(=O)Nc2cccc(C(CC(=O)O)N(C(=S)Nc3cccc4nc5c(cc34)Cn3c-5cc4c(c3=O)COC(=O)[C@]4(O)CC)c3ccccc3)c2)c1. The first-order chi connectivity index (χ1) is 30.7. The van der Waals surface area contributed by atoms with E-state index in [1.165, 1.54) is 18.2 Å². The summed E-state index contributed by atoms with van der Waals surface area (Å²) in [6.45, 7) is 3.93. The Morgan fingerprint density at radius 2 is 1.69 bits per heavy atom. The van der Waals surface area contributed by atoms with Crippen molar-refractivity contribution in [3.63, 3.8) is 0 Å². The Hall–Kier alpha value is -7.15. The second-order valence-electron chi connectivity index (χ2n) is 15.4. The minimum absolute atomic E-state index is 0.0157. The van der Waals surface area contributed by atoms with Crippen LogP contribution in [0.5, 0.6) is 0 Å². The summed E-state index contributed by atoms with van der Waals surface area (Å²) in [5.74, 6) is -1.95. The van der Waals surface area contributed by atoms with Crippen molar-refractivity contribution in [1.29, 1.82) is 0 Å². The summed E-state index contributed by atoms with van der Waals surface area (Å²) in [6.07, 6.45) is 0.306. The van der Waals surface area contributed by atoms with Gasteiger partial charge in [-0.3, -0.25) is 14.3 Å². The number of carboxylic acids is 1. The number of rotatable bonds is 13. The number of amides is 2. The number of hydrogen-bond acceptors (Lipinski definition) is 10. The smallest absolute Gasteiger partial charge is 0.343 e. The number of thiocarbonyl (C=S) groups is 1. The molecule has 2 amide bonds. The largest absolute Gasteiger partial charge is 0.481 e. The lowest BCUT2D eigenvalue weighted by Crippen LogP contribution is -2.44. The molecule has 0 saturated heterocycles. The minimum atomic E-state index is -4.19. The molecule has 0 radical (unpaired) electrons. The van der Waals surface area contributed by atoms with Crippen molar-refractivity contribution >= 4 is 79.0 Å². The van der Waals surface area contributed by atoms with Gasteiger partial charge in [-0.05, 0) is 97.4 Å².